The lowest BCUT2D eigenvalue weighted by Crippen LogP contribution is -2.38. The number of benzene rings is 1. The van der Waals surface area contributed by atoms with Gasteiger partial charge in [0.05, 0.1) is 11.1 Å². The van der Waals surface area contributed by atoms with Gasteiger partial charge < -0.3 is 14.7 Å². The Labute approximate surface area is 161 Å². The number of anilines is 1. The molecule has 7 nitrogen and oxygen atoms in total. The summed E-state index contributed by atoms with van der Waals surface area (Å²) < 4.78 is 19.1. The standard InChI is InChI=1S/C20H20FN5O2/c21-16-6-2-1-5-15(16)19-24-20(28-25-19)14-8-9-17(23-13-14)22-10-12-26-11-4-3-7-18(26)27/h1-2,5-6,8-9,13H,3-4,7,10-12H2,(H,22,23). The van der Waals surface area contributed by atoms with E-state index in [-0.39, 0.29) is 23.2 Å². The molecule has 8 heteroatoms. The van der Waals surface area contributed by atoms with Gasteiger partial charge in [-0.25, -0.2) is 9.37 Å². The van der Waals surface area contributed by atoms with Crippen molar-refractivity contribution in [3.8, 4) is 22.8 Å². The van der Waals surface area contributed by atoms with Gasteiger partial charge in [-0.3, -0.25) is 4.79 Å². The Balaban J connectivity index is 1.37. The summed E-state index contributed by atoms with van der Waals surface area (Å²) in [6, 6.07) is 9.89. The van der Waals surface area contributed by atoms with Gasteiger partial charge in [-0.05, 0) is 37.1 Å². The van der Waals surface area contributed by atoms with Crippen LogP contribution in [0.4, 0.5) is 10.2 Å². The van der Waals surface area contributed by atoms with Crippen LogP contribution in [0.2, 0.25) is 0 Å². The van der Waals surface area contributed by atoms with Crippen molar-refractivity contribution in [1.29, 1.82) is 0 Å². The van der Waals surface area contributed by atoms with Crippen molar-refractivity contribution in [1.82, 2.24) is 20.0 Å². The first-order chi connectivity index (χ1) is 13.7. The number of hydrogen-bond donors (Lipinski definition) is 1. The van der Waals surface area contributed by atoms with Crippen LogP contribution in [0.25, 0.3) is 22.8 Å². The molecule has 1 aliphatic heterocycles. The summed E-state index contributed by atoms with van der Waals surface area (Å²) in [6.07, 6.45) is 4.32. The van der Waals surface area contributed by atoms with Gasteiger partial charge in [-0.15, -0.1) is 0 Å². The molecule has 1 fully saturated rings. The lowest BCUT2D eigenvalue weighted by atomic mass is 10.1. The van der Waals surface area contributed by atoms with E-state index in [4.69, 9.17) is 4.52 Å². The van der Waals surface area contributed by atoms with Crippen LogP contribution in [-0.2, 0) is 4.79 Å². The lowest BCUT2D eigenvalue weighted by Gasteiger charge is -2.26. The molecular weight excluding hydrogens is 361 g/mol. The first kappa shape index (κ1) is 18.1. The highest BCUT2D eigenvalue weighted by molar-refractivity contribution is 5.76. The number of rotatable bonds is 6. The summed E-state index contributed by atoms with van der Waals surface area (Å²) in [6.45, 7) is 2.13. The molecule has 1 aromatic carbocycles. The van der Waals surface area contributed by atoms with Crippen LogP contribution in [0.3, 0.4) is 0 Å². The van der Waals surface area contributed by atoms with Crippen LogP contribution < -0.4 is 5.32 Å². The zero-order valence-electron chi connectivity index (χ0n) is 15.3. The van der Waals surface area contributed by atoms with E-state index in [1.54, 1.807) is 36.5 Å². The van der Waals surface area contributed by atoms with Crippen molar-refractivity contribution < 1.29 is 13.7 Å². The van der Waals surface area contributed by atoms with Gasteiger partial charge in [-0.1, -0.05) is 17.3 Å². The molecule has 2 aromatic heterocycles. The number of likely N-dealkylation sites (tertiary alicyclic amines) is 1. The number of halogens is 1. The number of amides is 1. The van der Waals surface area contributed by atoms with Crippen LogP contribution in [-0.4, -0.2) is 45.6 Å². The number of pyridine rings is 1. The third kappa shape index (κ3) is 4.00. The van der Waals surface area contributed by atoms with Crippen LogP contribution in [0, 0.1) is 5.82 Å². The molecule has 0 bridgehead atoms. The Hall–Kier alpha value is -3.29. The zero-order valence-corrected chi connectivity index (χ0v) is 15.3. The van der Waals surface area contributed by atoms with E-state index < -0.39 is 5.82 Å². The highest BCUT2D eigenvalue weighted by Gasteiger charge is 2.17. The first-order valence-electron chi connectivity index (χ1n) is 9.27. The Kier molecular flexibility index (Phi) is 5.27. The van der Waals surface area contributed by atoms with Crippen LogP contribution in [0.15, 0.2) is 47.1 Å². The number of nitrogens with one attached hydrogen (secondary N) is 1. The number of nitrogens with zero attached hydrogens (tertiary/aromatic N) is 4. The maximum absolute atomic E-state index is 13.9. The molecule has 1 saturated heterocycles. The molecule has 1 N–H and O–H groups in total. The second-order valence-electron chi connectivity index (χ2n) is 6.60. The maximum Gasteiger partial charge on any atom is 0.259 e. The normalized spacial score (nSPS) is 14.3. The highest BCUT2D eigenvalue weighted by Crippen LogP contribution is 2.24. The van der Waals surface area contributed by atoms with Crippen molar-refractivity contribution in [3.05, 3.63) is 48.4 Å². The van der Waals surface area contributed by atoms with E-state index >= 15 is 0 Å². The monoisotopic (exact) mass is 381 g/mol. The fourth-order valence-electron chi connectivity index (χ4n) is 3.13. The number of carbonyl (C=O) groups is 1. The zero-order chi connectivity index (χ0) is 19.3. The molecule has 0 unspecified atom stereocenters. The van der Waals surface area contributed by atoms with Gasteiger partial charge in [0.2, 0.25) is 11.7 Å². The van der Waals surface area contributed by atoms with E-state index in [1.165, 1.54) is 6.07 Å². The predicted molar refractivity (Wildman–Crippen MR) is 102 cm³/mol. The van der Waals surface area contributed by atoms with Gasteiger partial charge in [0, 0.05) is 32.3 Å². The van der Waals surface area contributed by atoms with E-state index in [9.17, 15) is 9.18 Å². The summed E-state index contributed by atoms with van der Waals surface area (Å²) in [5.41, 5.74) is 0.933. The maximum atomic E-state index is 13.9. The summed E-state index contributed by atoms with van der Waals surface area (Å²) >= 11 is 0. The Morgan fingerprint density at radius 1 is 1.18 bits per heavy atom. The summed E-state index contributed by atoms with van der Waals surface area (Å²) in [4.78, 5) is 22.3. The van der Waals surface area contributed by atoms with Crippen molar-refractivity contribution in [2.75, 3.05) is 25.0 Å². The van der Waals surface area contributed by atoms with Crippen LogP contribution in [0.1, 0.15) is 19.3 Å². The van der Waals surface area contributed by atoms with E-state index in [0.717, 1.165) is 19.4 Å². The minimum Gasteiger partial charge on any atom is -0.368 e. The average molecular weight is 381 g/mol. The fraction of sp³-hybridized carbons (Fsp3) is 0.300. The van der Waals surface area contributed by atoms with E-state index in [0.29, 0.717) is 30.9 Å². The fourth-order valence-corrected chi connectivity index (χ4v) is 3.13. The molecule has 144 valence electrons. The molecule has 0 aliphatic carbocycles. The quantitative estimate of drug-likeness (QED) is 0.705. The van der Waals surface area contributed by atoms with Gasteiger partial charge in [0.25, 0.3) is 5.89 Å². The Morgan fingerprint density at radius 2 is 2.07 bits per heavy atom. The van der Waals surface area contributed by atoms with Gasteiger partial charge in [0.15, 0.2) is 0 Å². The number of hydrogen-bond acceptors (Lipinski definition) is 6. The lowest BCUT2D eigenvalue weighted by molar-refractivity contribution is -0.133. The van der Waals surface area contributed by atoms with E-state index in [2.05, 4.69) is 20.4 Å². The summed E-state index contributed by atoms with van der Waals surface area (Å²) in [5, 5.41) is 7.06. The van der Waals surface area contributed by atoms with Crippen molar-refractivity contribution in [2.45, 2.75) is 19.3 Å². The summed E-state index contributed by atoms with van der Waals surface area (Å²) in [7, 11) is 0. The van der Waals surface area contributed by atoms with Gasteiger partial charge in [0.1, 0.15) is 11.6 Å². The van der Waals surface area contributed by atoms with Crippen molar-refractivity contribution >= 4 is 11.7 Å². The third-order valence-corrected chi connectivity index (χ3v) is 4.66. The van der Waals surface area contributed by atoms with Crippen molar-refractivity contribution in [3.63, 3.8) is 0 Å². The largest absolute Gasteiger partial charge is 0.368 e. The Morgan fingerprint density at radius 3 is 2.86 bits per heavy atom. The van der Waals surface area contributed by atoms with Gasteiger partial charge in [-0.2, -0.15) is 4.98 Å². The molecule has 0 radical (unpaired) electrons. The number of carbonyl (C=O) groups excluding carboxylic acids is 1. The molecule has 1 aliphatic rings. The molecule has 0 atom stereocenters. The molecular formula is C20H20FN5O2. The highest BCUT2D eigenvalue weighted by atomic mass is 19.1. The molecule has 3 heterocycles. The first-order valence-corrected chi connectivity index (χ1v) is 9.27. The van der Waals surface area contributed by atoms with Crippen LogP contribution in [0.5, 0.6) is 0 Å². The molecule has 0 saturated carbocycles. The van der Waals surface area contributed by atoms with Crippen LogP contribution >= 0.6 is 0 Å². The second-order valence-corrected chi connectivity index (χ2v) is 6.60. The number of aromatic nitrogens is 3. The molecule has 28 heavy (non-hydrogen) atoms. The molecule has 1 amide bonds. The Bertz CT molecular complexity index is 957. The molecule has 3 aromatic rings. The predicted octanol–water partition coefficient (Wildman–Crippen LogP) is 3.36. The minimum absolute atomic E-state index is 0.196. The minimum atomic E-state index is -0.403. The molecule has 4 rings (SSSR count). The summed E-state index contributed by atoms with van der Waals surface area (Å²) in [5.74, 6) is 0.984. The third-order valence-electron chi connectivity index (χ3n) is 4.66. The SMILES string of the molecule is O=C1CCCCN1CCNc1ccc(-c2nc(-c3ccccc3F)no2)cn1. The molecule has 0 spiro atoms. The van der Waals surface area contributed by atoms with E-state index in [1.807, 2.05) is 4.90 Å². The topological polar surface area (TPSA) is 84.2 Å². The smallest absolute Gasteiger partial charge is 0.259 e. The second kappa shape index (κ2) is 8.16. The van der Waals surface area contributed by atoms with Crippen molar-refractivity contribution in [2.24, 2.45) is 0 Å². The number of piperidine rings is 1. The van der Waals surface area contributed by atoms with Gasteiger partial charge >= 0.3 is 0 Å². The average Bonchev–Trinajstić information content (AvgIpc) is 3.20.